The topological polar surface area (TPSA) is 62.8 Å². The molecule has 2 fully saturated rings. The molecule has 1 aromatic rings. The van der Waals surface area contributed by atoms with Gasteiger partial charge in [-0.15, -0.1) is 11.3 Å². The first kappa shape index (κ1) is 16.7. The number of rotatable bonds is 6. The molecular formula is C16H25N3O3S. The minimum absolute atomic E-state index is 0.101. The van der Waals surface area contributed by atoms with E-state index in [-0.39, 0.29) is 6.03 Å². The minimum atomic E-state index is -0.101. The van der Waals surface area contributed by atoms with Crippen molar-refractivity contribution >= 4 is 17.4 Å². The predicted molar refractivity (Wildman–Crippen MR) is 89.7 cm³/mol. The Morgan fingerprint density at radius 3 is 2.87 bits per heavy atom. The molecule has 23 heavy (non-hydrogen) atoms. The van der Waals surface area contributed by atoms with Crippen molar-refractivity contribution in [1.82, 2.24) is 15.5 Å². The second-order valence-corrected chi connectivity index (χ2v) is 7.01. The second kappa shape index (κ2) is 8.63. The van der Waals surface area contributed by atoms with E-state index >= 15 is 0 Å². The van der Waals surface area contributed by atoms with Crippen molar-refractivity contribution in [1.29, 1.82) is 0 Å². The average Bonchev–Trinajstić information content (AvgIpc) is 3.28. The lowest BCUT2D eigenvalue weighted by Gasteiger charge is -2.37. The molecule has 1 aromatic heterocycles. The molecule has 3 rings (SSSR count). The summed E-state index contributed by atoms with van der Waals surface area (Å²) in [6.07, 6.45) is 1.07. The SMILES string of the molecule is O=C(NCc1cccs1)NC[C@H]([C@H]1CCOC1)N1CCOCC1. The van der Waals surface area contributed by atoms with Gasteiger partial charge in [0.25, 0.3) is 0 Å². The van der Waals surface area contributed by atoms with Gasteiger partial charge in [0, 0.05) is 43.1 Å². The fraction of sp³-hybridized carbons (Fsp3) is 0.688. The van der Waals surface area contributed by atoms with Crippen LogP contribution in [0.2, 0.25) is 0 Å². The summed E-state index contributed by atoms with van der Waals surface area (Å²) in [6, 6.07) is 4.25. The van der Waals surface area contributed by atoms with E-state index in [1.807, 2.05) is 17.5 Å². The van der Waals surface area contributed by atoms with Gasteiger partial charge >= 0.3 is 6.03 Å². The predicted octanol–water partition coefficient (Wildman–Crippen LogP) is 1.28. The van der Waals surface area contributed by atoms with E-state index < -0.39 is 0 Å². The number of amides is 2. The van der Waals surface area contributed by atoms with E-state index in [1.165, 1.54) is 0 Å². The molecule has 2 atom stereocenters. The third-order valence-corrected chi connectivity index (χ3v) is 5.38. The number of thiophene rings is 1. The Morgan fingerprint density at radius 2 is 2.17 bits per heavy atom. The Bertz CT molecular complexity index is 471. The van der Waals surface area contributed by atoms with Gasteiger partial charge in [0.05, 0.1) is 26.4 Å². The van der Waals surface area contributed by atoms with Crippen molar-refractivity contribution in [2.24, 2.45) is 5.92 Å². The maximum absolute atomic E-state index is 12.0. The third-order valence-electron chi connectivity index (χ3n) is 4.50. The number of carbonyl (C=O) groups excluding carboxylic acids is 1. The summed E-state index contributed by atoms with van der Waals surface area (Å²) >= 11 is 1.65. The van der Waals surface area contributed by atoms with Gasteiger partial charge in [0.2, 0.25) is 0 Å². The smallest absolute Gasteiger partial charge is 0.315 e. The zero-order valence-corrected chi connectivity index (χ0v) is 14.1. The molecule has 3 heterocycles. The van der Waals surface area contributed by atoms with Gasteiger partial charge < -0.3 is 20.1 Å². The quantitative estimate of drug-likeness (QED) is 0.820. The Hall–Kier alpha value is -1.15. The number of nitrogens with zero attached hydrogens (tertiary/aromatic N) is 1. The Kier molecular flexibility index (Phi) is 6.27. The molecule has 0 aliphatic carbocycles. The molecule has 0 radical (unpaired) electrons. The van der Waals surface area contributed by atoms with Gasteiger partial charge in [0.15, 0.2) is 0 Å². The standard InChI is InChI=1S/C16H25N3O3S/c20-16(17-10-14-2-1-9-23-14)18-11-15(13-3-6-22-12-13)19-4-7-21-8-5-19/h1-2,9,13,15H,3-8,10-12H2,(H2,17,18,20)/t13-,15+/m0/s1. The highest BCUT2D eigenvalue weighted by Crippen LogP contribution is 2.21. The monoisotopic (exact) mass is 339 g/mol. The van der Waals surface area contributed by atoms with Crippen LogP contribution in [0.15, 0.2) is 17.5 Å². The zero-order chi connectivity index (χ0) is 15.9. The van der Waals surface area contributed by atoms with Gasteiger partial charge in [-0.05, 0) is 17.9 Å². The van der Waals surface area contributed by atoms with Crippen LogP contribution in [0.5, 0.6) is 0 Å². The van der Waals surface area contributed by atoms with Gasteiger partial charge in [-0.25, -0.2) is 4.79 Å². The summed E-state index contributed by atoms with van der Waals surface area (Å²) in [5.41, 5.74) is 0. The third kappa shape index (κ3) is 4.91. The van der Waals surface area contributed by atoms with Crippen molar-refractivity contribution in [3.05, 3.63) is 22.4 Å². The molecule has 2 saturated heterocycles. The van der Waals surface area contributed by atoms with Gasteiger partial charge in [-0.2, -0.15) is 0 Å². The maximum Gasteiger partial charge on any atom is 0.315 e. The summed E-state index contributed by atoms with van der Waals surface area (Å²) in [7, 11) is 0. The van der Waals surface area contributed by atoms with E-state index in [0.717, 1.165) is 50.8 Å². The lowest BCUT2D eigenvalue weighted by molar-refractivity contribution is 0.00212. The lowest BCUT2D eigenvalue weighted by Crippen LogP contribution is -2.53. The molecular weight excluding hydrogens is 314 g/mol. The fourth-order valence-electron chi connectivity index (χ4n) is 3.20. The molecule has 7 heteroatoms. The van der Waals surface area contributed by atoms with E-state index in [2.05, 4.69) is 15.5 Å². The zero-order valence-electron chi connectivity index (χ0n) is 13.3. The van der Waals surface area contributed by atoms with E-state index in [9.17, 15) is 4.79 Å². The van der Waals surface area contributed by atoms with E-state index in [0.29, 0.717) is 25.0 Å². The average molecular weight is 339 g/mol. The number of urea groups is 1. The molecule has 0 spiro atoms. The van der Waals surface area contributed by atoms with Gasteiger partial charge in [-0.1, -0.05) is 6.07 Å². The van der Waals surface area contributed by atoms with Crippen LogP contribution in [0.3, 0.4) is 0 Å². The largest absolute Gasteiger partial charge is 0.381 e. The molecule has 128 valence electrons. The number of hydrogen-bond donors (Lipinski definition) is 2. The Morgan fingerprint density at radius 1 is 1.30 bits per heavy atom. The normalized spacial score (nSPS) is 23.6. The summed E-state index contributed by atoms with van der Waals surface area (Å²) in [4.78, 5) is 15.6. The summed E-state index contributed by atoms with van der Waals surface area (Å²) in [5.74, 6) is 0.491. The van der Waals surface area contributed by atoms with Crippen LogP contribution >= 0.6 is 11.3 Å². The molecule has 0 bridgehead atoms. The molecule has 2 aliphatic rings. The van der Waals surface area contributed by atoms with Crippen LogP contribution in [0.1, 0.15) is 11.3 Å². The summed E-state index contributed by atoms with van der Waals surface area (Å²) in [6.45, 7) is 6.27. The molecule has 6 nitrogen and oxygen atoms in total. The van der Waals surface area contributed by atoms with Crippen molar-refractivity contribution in [3.8, 4) is 0 Å². The molecule has 2 N–H and O–H groups in total. The molecule has 2 amide bonds. The van der Waals surface area contributed by atoms with Crippen LogP contribution in [-0.4, -0.2) is 63.0 Å². The number of hydrogen-bond acceptors (Lipinski definition) is 5. The number of ether oxygens (including phenoxy) is 2. The van der Waals surface area contributed by atoms with E-state index in [4.69, 9.17) is 9.47 Å². The highest BCUT2D eigenvalue weighted by atomic mass is 32.1. The lowest BCUT2D eigenvalue weighted by atomic mass is 9.97. The van der Waals surface area contributed by atoms with Crippen LogP contribution in [0.25, 0.3) is 0 Å². The first-order valence-electron chi connectivity index (χ1n) is 8.26. The first-order chi connectivity index (χ1) is 11.3. The molecule has 0 saturated carbocycles. The highest BCUT2D eigenvalue weighted by Gasteiger charge is 2.31. The van der Waals surface area contributed by atoms with Crippen molar-refractivity contribution < 1.29 is 14.3 Å². The van der Waals surface area contributed by atoms with Crippen LogP contribution in [-0.2, 0) is 16.0 Å². The van der Waals surface area contributed by atoms with Crippen molar-refractivity contribution in [2.45, 2.75) is 19.0 Å². The maximum atomic E-state index is 12.0. The highest BCUT2D eigenvalue weighted by molar-refractivity contribution is 7.09. The Balaban J connectivity index is 1.47. The van der Waals surface area contributed by atoms with Crippen LogP contribution < -0.4 is 10.6 Å². The first-order valence-corrected chi connectivity index (χ1v) is 9.14. The van der Waals surface area contributed by atoms with Crippen molar-refractivity contribution in [2.75, 3.05) is 46.1 Å². The van der Waals surface area contributed by atoms with Gasteiger partial charge in [-0.3, -0.25) is 4.90 Å². The second-order valence-electron chi connectivity index (χ2n) is 5.98. The molecule has 0 aromatic carbocycles. The van der Waals surface area contributed by atoms with Crippen LogP contribution in [0.4, 0.5) is 4.79 Å². The minimum Gasteiger partial charge on any atom is -0.381 e. The van der Waals surface area contributed by atoms with Crippen LogP contribution in [0, 0.1) is 5.92 Å². The van der Waals surface area contributed by atoms with Gasteiger partial charge in [0.1, 0.15) is 0 Å². The fourth-order valence-corrected chi connectivity index (χ4v) is 3.84. The summed E-state index contributed by atoms with van der Waals surface area (Å²) < 4.78 is 11.0. The Labute approximate surface area is 141 Å². The number of nitrogens with one attached hydrogen (secondary N) is 2. The van der Waals surface area contributed by atoms with Crippen molar-refractivity contribution in [3.63, 3.8) is 0 Å². The summed E-state index contributed by atoms with van der Waals surface area (Å²) in [5, 5.41) is 7.97. The number of carbonyl (C=O) groups is 1. The molecule has 0 unspecified atom stereocenters. The number of morpholine rings is 1. The van der Waals surface area contributed by atoms with E-state index in [1.54, 1.807) is 11.3 Å². The molecule has 2 aliphatic heterocycles.